The molecule has 0 atom stereocenters. The Hall–Kier alpha value is -1.32. The predicted molar refractivity (Wildman–Crippen MR) is 33.1 cm³/mol. The third-order valence-corrected chi connectivity index (χ3v) is 0.877. The molecule has 0 aliphatic heterocycles. The Kier molecular flexibility index (Phi) is 1.85. The minimum Gasteiger partial charge on any atom is -0.364 e. The predicted octanol–water partition coefficient (Wildman–Crippen LogP) is 0.0205. The lowest BCUT2D eigenvalue weighted by Gasteiger charge is -1.92. The van der Waals surface area contributed by atoms with Crippen LogP contribution in [0.2, 0.25) is 0 Å². The summed E-state index contributed by atoms with van der Waals surface area (Å²) in [4.78, 5) is 9.80. The van der Waals surface area contributed by atoms with Gasteiger partial charge >= 0.3 is 0 Å². The lowest BCUT2D eigenvalue weighted by Crippen LogP contribution is -2.01. The van der Waals surface area contributed by atoms with Gasteiger partial charge in [-0.1, -0.05) is 0 Å². The number of H-pyrrole nitrogens is 1. The van der Waals surface area contributed by atoms with Gasteiger partial charge in [0, 0.05) is 0 Å². The maximum Gasteiger partial charge on any atom is 0.139 e. The Morgan fingerprint density at radius 1 is 1.89 bits per heavy atom. The van der Waals surface area contributed by atoms with Crippen LogP contribution in [0.4, 0.5) is 5.82 Å². The van der Waals surface area contributed by atoms with E-state index in [1.165, 1.54) is 0 Å². The Morgan fingerprint density at radius 2 is 2.78 bits per heavy atom. The van der Waals surface area contributed by atoms with E-state index in [2.05, 4.69) is 15.5 Å². The summed E-state index contributed by atoms with van der Waals surface area (Å²) in [6.45, 7) is 0.322. The maximum absolute atomic E-state index is 9.80. The van der Waals surface area contributed by atoms with E-state index in [0.717, 1.165) is 12.1 Å². The van der Waals surface area contributed by atoms with Gasteiger partial charge in [-0.3, -0.25) is 5.10 Å². The highest BCUT2D eigenvalue weighted by Crippen LogP contribution is 1.95. The zero-order valence-corrected chi connectivity index (χ0v) is 4.79. The number of rotatable bonds is 3. The third-order valence-electron chi connectivity index (χ3n) is 0.877. The SMILES string of the molecule is O=CCNc1ccn[nH]1. The highest BCUT2D eigenvalue weighted by atomic mass is 16.1. The Morgan fingerprint density at radius 3 is 3.33 bits per heavy atom. The number of nitrogens with one attached hydrogen (secondary N) is 2. The number of aldehydes is 1. The highest BCUT2D eigenvalue weighted by molar-refractivity contribution is 5.57. The van der Waals surface area contributed by atoms with Gasteiger partial charge in [0.25, 0.3) is 0 Å². The summed E-state index contributed by atoms with van der Waals surface area (Å²) in [5.41, 5.74) is 0. The maximum atomic E-state index is 9.80. The van der Waals surface area contributed by atoms with Gasteiger partial charge in [0.1, 0.15) is 12.1 Å². The Labute approximate surface area is 52.3 Å². The van der Waals surface area contributed by atoms with E-state index in [9.17, 15) is 4.79 Å². The third kappa shape index (κ3) is 1.56. The smallest absolute Gasteiger partial charge is 0.139 e. The van der Waals surface area contributed by atoms with Gasteiger partial charge in [0.05, 0.1) is 12.7 Å². The van der Waals surface area contributed by atoms with Crippen LogP contribution in [-0.4, -0.2) is 23.0 Å². The zero-order chi connectivity index (χ0) is 6.53. The molecule has 0 aliphatic carbocycles. The molecule has 1 heterocycles. The molecule has 48 valence electrons. The number of hydrogen-bond donors (Lipinski definition) is 2. The molecular formula is C5H7N3O. The largest absolute Gasteiger partial charge is 0.364 e. The number of aromatic amines is 1. The highest BCUT2D eigenvalue weighted by Gasteiger charge is 1.86. The van der Waals surface area contributed by atoms with Gasteiger partial charge in [0.2, 0.25) is 0 Å². The number of hydrogen-bond acceptors (Lipinski definition) is 3. The first-order chi connectivity index (χ1) is 4.43. The molecule has 0 bridgehead atoms. The summed E-state index contributed by atoms with van der Waals surface area (Å²) in [6, 6.07) is 1.75. The molecule has 0 saturated carbocycles. The van der Waals surface area contributed by atoms with Crippen LogP contribution in [0.3, 0.4) is 0 Å². The van der Waals surface area contributed by atoms with Crippen LogP contribution in [0, 0.1) is 0 Å². The number of carbonyl (C=O) groups is 1. The molecule has 1 rings (SSSR count). The van der Waals surface area contributed by atoms with Crippen molar-refractivity contribution >= 4 is 12.1 Å². The summed E-state index contributed by atoms with van der Waals surface area (Å²) in [7, 11) is 0. The fourth-order valence-electron chi connectivity index (χ4n) is 0.506. The van der Waals surface area contributed by atoms with Crippen molar-refractivity contribution < 1.29 is 4.79 Å². The molecule has 0 aromatic carbocycles. The Bertz CT molecular complexity index is 170. The average Bonchev–Trinajstić information content (AvgIpc) is 2.34. The molecule has 9 heavy (non-hydrogen) atoms. The zero-order valence-electron chi connectivity index (χ0n) is 4.79. The molecule has 4 nitrogen and oxygen atoms in total. The number of carbonyl (C=O) groups excluding carboxylic acids is 1. The normalized spacial score (nSPS) is 8.89. The van der Waals surface area contributed by atoms with Gasteiger partial charge in [-0.15, -0.1) is 0 Å². The standard InChI is InChI=1S/C5H7N3O/c9-4-3-6-5-1-2-7-8-5/h1-2,4H,3H2,(H2,6,7,8). The van der Waals surface area contributed by atoms with Crippen molar-refractivity contribution in [2.75, 3.05) is 11.9 Å². The minimum atomic E-state index is 0.322. The summed E-state index contributed by atoms with van der Waals surface area (Å²) in [5.74, 6) is 0.766. The van der Waals surface area contributed by atoms with E-state index < -0.39 is 0 Å². The minimum absolute atomic E-state index is 0.322. The molecule has 0 amide bonds. The molecule has 0 saturated heterocycles. The second kappa shape index (κ2) is 2.86. The van der Waals surface area contributed by atoms with Crippen LogP contribution >= 0.6 is 0 Å². The van der Waals surface area contributed by atoms with Crippen molar-refractivity contribution in [1.29, 1.82) is 0 Å². The first kappa shape index (κ1) is 5.81. The lowest BCUT2D eigenvalue weighted by molar-refractivity contribution is -0.106. The lowest BCUT2D eigenvalue weighted by atomic mass is 10.6. The molecular weight excluding hydrogens is 118 g/mol. The van der Waals surface area contributed by atoms with Crippen molar-refractivity contribution in [2.45, 2.75) is 0 Å². The molecule has 4 heteroatoms. The van der Waals surface area contributed by atoms with Gasteiger partial charge < -0.3 is 10.1 Å². The summed E-state index contributed by atoms with van der Waals surface area (Å²) in [6.07, 6.45) is 2.41. The molecule has 0 unspecified atom stereocenters. The number of nitrogens with zero attached hydrogens (tertiary/aromatic N) is 1. The molecule has 0 aliphatic rings. The number of anilines is 1. The molecule has 0 spiro atoms. The van der Waals surface area contributed by atoms with Crippen molar-refractivity contribution in [3.63, 3.8) is 0 Å². The Balaban J connectivity index is 2.38. The van der Waals surface area contributed by atoms with Gasteiger partial charge in [0.15, 0.2) is 0 Å². The van der Waals surface area contributed by atoms with Crippen LogP contribution in [0.15, 0.2) is 12.3 Å². The van der Waals surface area contributed by atoms with E-state index in [1.807, 2.05) is 0 Å². The van der Waals surface area contributed by atoms with Crippen LogP contribution in [0.1, 0.15) is 0 Å². The fraction of sp³-hybridized carbons (Fsp3) is 0.200. The van der Waals surface area contributed by atoms with E-state index in [0.29, 0.717) is 6.54 Å². The van der Waals surface area contributed by atoms with E-state index in [1.54, 1.807) is 12.3 Å². The van der Waals surface area contributed by atoms with Crippen molar-refractivity contribution in [3.8, 4) is 0 Å². The van der Waals surface area contributed by atoms with Gasteiger partial charge in [-0.25, -0.2) is 0 Å². The topological polar surface area (TPSA) is 57.8 Å². The van der Waals surface area contributed by atoms with Gasteiger partial charge in [-0.05, 0) is 6.07 Å². The van der Waals surface area contributed by atoms with E-state index in [4.69, 9.17) is 0 Å². The quantitative estimate of drug-likeness (QED) is 0.560. The van der Waals surface area contributed by atoms with Crippen molar-refractivity contribution in [3.05, 3.63) is 12.3 Å². The molecule has 0 radical (unpaired) electrons. The van der Waals surface area contributed by atoms with E-state index in [-0.39, 0.29) is 0 Å². The molecule has 1 aromatic heterocycles. The van der Waals surface area contributed by atoms with Crippen LogP contribution < -0.4 is 5.32 Å². The molecule has 0 fully saturated rings. The second-order valence-electron chi connectivity index (χ2n) is 1.52. The molecule has 1 aromatic rings. The van der Waals surface area contributed by atoms with Crippen LogP contribution in [0.25, 0.3) is 0 Å². The summed E-state index contributed by atoms with van der Waals surface area (Å²) >= 11 is 0. The van der Waals surface area contributed by atoms with Crippen LogP contribution in [0.5, 0.6) is 0 Å². The first-order valence-corrected chi connectivity index (χ1v) is 2.60. The average molecular weight is 125 g/mol. The van der Waals surface area contributed by atoms with Crippen LogP contribution in [-0.2, 0) is 4.79 Å². The number of aromatic nitrogens is 2. The van der Waals surface area contributed by atoms with Crippen molar-refractivity contribution in [2.24, 2.45) is 0 Å². The first-order valence-electron chi connectivity index (χ1n) is 2.60. The summed E-state index contributed by atoms with van der Waals surface area (Å²) < 4.78 is 0. The fourth-order valence-corrected chi connectivity index (χ4v) is 0.506. The van der Waals surface area contributed by atoms with E-state index >= 15 is 0 Å². The molecule has 2 N–H and O–H groups in total. The summed E-state index contributed by atoms with van der Waals surface area (Å²) in [5, 5.41) is 9.11. The van der Waals surface area contributed by atoms with Gasteiger partial charge in [-0.2, -0.15) is 5.10 Å². The van der Waals surface area contributed by atoms with Crippen molar-refractivity contribution in [1.82, 2.24) is 10.2 Å². The monoisotopic (exact) mass is 125 g/mol. The second-order valence-corrected chi connectivity index (χ2v) is 1.52.